The Labute approximate surface area is 108 Å². The van der Waals surface area contributed by atoms with E-state index in [4.69, 9.17) is 4.74 Å². The Bertz CT molecular complexity index is 397. The molecule has 92 valence electrons. The number of rotatable bonds is 3. The van der Waals surface area contributed by atoms with Crippen molar-refractivity contribution in [1.29, 1.82) is 0 Å². The maximum atomic E-state index is 12.1. The third-order valence-corrected chi connectivity index (χ3v) is 5.45. The van der Waals surface area contributed by atoms with Gasteiger partial charge in [-0.1, -0.05) is 22.0 Å². The summed E-state index contributed by atoms with van der Waals surface area (Å²) in [6.45, 7) is 4.02. The lowest BCUT2D eigenvalue weighted by Gasteiger charge is -2.27. The van der Waals surface area contributed by atoms with Gasteiger partial charge < -0.3 is 10.1 Å². The van der Waals surface area contributed by atoms with Crippen LogP contribution in [0.25, 0.3) is 0 Å². The SMILES string of the molecule is C=CCNC(=O)[C@H]1[C@H]2C[C@H]3[C@H](OC(=O)[C@@H]31)[C@@H]2Br. The lowest BCUT2D eigenvalue weighted by atomic mass is 9.79. The highest BCUT2D eigenvalue weighted by molar-refractivity contribution is 9.09. The molecule has 4 nitrogen and oxygen atoms in total. The molecule has 1 amide bonds. The van der Waals surface area contributed by atoms with Crippen LogP contribution < -0.4 is 5.32 Å². The fourth-order valence-corrected chi connectivity index (χ4v) is 4.67. The molecular formula is C12H14BrNO3. The zero-order valence-corrected chi connectivity index (χ0v) is 10.9. The van der Waals surface area contributed by atoms with Gasteiger partial charge in [-0.15, -0.1) is 6.58 Å². The molecule has 2 saturated carbocycles. The second kappa shape index (κ2) is 3.83. The van der Waals surface area contributed by atoms with Gasteiger partial charge >= 0.3 is 5.97 Å². The summed E-state index contributed by atoms with van der Waals surface area (Å²) in [4.78, 5) is 24.0. The van der Waals surface area contributed by atoms with Crippen molar-refractivity contribution in [2.75, 3.05) is 6.54 Å². The van der Waals surface area contributed by atoms with E-state index in [0.29, 0.717) is 6.54 Å². The van der Waals surface area contributed by atoms with Crippen molar-refractivity contribution < 1.29 is 14.3 Å². The second-order valence-corrected chi connectivity index (χ2v) is 6.05. The van der Waals surface area contributed by atoms with Crippen molar-refractivity contribution in [2.45, 2.75) is 17.4 Å². The Morgan fingerprint density at radius 3 is 3.06 bits per heavy atom. The van der Waals surface area contributed by atoms with Crippen LogP contribution in [-0.4, -0.2) is 29.4 Å². The molecule has 0 aromatic heterocycles. The van der Waals surface area contributed by atoms with E-state index in [-0.39, 0.29) is 46.5 Å². The number of esters is 1. The lowest BCUT2D eigenvalue weighted by Crippen LogP contribution is -2.43. The van der Waals surface area contributed by atoms with Gasteiger partial charge in [0.1, 0.15) is 6.10 Å². The highest BCUT2D eigenvalue weighted by Gasteiger charge is 2.67. The second-order valence-electron chi connectivity index (χ2n) is 4.99. The van der Waals surface area contributed by atoms with Crippen LogP contribution in [0.1, 0.15) is 6.42 Å². The number of fused-ring (bicyclic) bond motifs is 1. The van der Waals surface area contributed by atoms with E-state index in [1.807, 2.05) is 0 Å². The molecule has 0 aromatic rings. The predicted octanol–water partition coefficient (Wildman–Crippen LogP) is 0.860. The van der Waals surface area contributed by atoms with E-state index < -0.39 is 0 Å². The summed E-state index contributed by atoms with van der Waals surface area (Å²) in [5, 5.41) is 2.80. The van der Waals surface area contributed by atoms with Gasteiger partial charge in [0.2, 0.25) is 5.91 Å². The summed E-state index contributed by atoms with van der Waals surface area (Å²) in [6.07, 6.45) is 2.55. The molecule has 3 aliphatic rings. The van der Waals surface area contributed by atoms with Crippen molar-refractivity contribution >= 4 is 27.8 Å². The molecule has 2 bridgehead atoms. The largest absolute Gasteiger partial charge is 0.461 e. The van der Waals surface area contributed by atoms with E-state index in [9.17, 15) is 9.59 Å². The molecule has 1 aliphatic heterocycles. The van der Waals surface area contributed by atoms with Gasteiger partial charge in [0.05, 0.1) is 16.7 Å². The van der Waals surface area contributed by atoms with E-state index in [1.54, 1.807) is 6.08 Å². The summed E-state index contributed by atoms with van der Waals surface area (Å²) in [7, 11) is 0. The highest BCUT2D eigenvalue weighted by atomic mass is 79.9. The molecule has 1 heterocycles. The molecule has 6 atom stereocenters. The van der Waals surface area contributed by atoms with Crippen LogP contribution in [0.5, 0.6) is 0 Å². The van der Waals surface area contributed by atoms with E-state index >= 15 is 0 Å². The zero-order chi connectivity index (χ0) is 12.2. The Morgan fingerprint density at radius 2 is 2.35 bits per heavy atom. The number of nitrogens with one attached hydrogen (secondary N) is 1. The van der Waals surface area contributed by atoms with Crippen LogP contribution in [0.4, 0.5) is 0 Å². The number of hydrogen-bond acceptors (Lipinski definition) is 3. The van der Waals surface area contributed by atoms with Gasteiger partial charge in [-0.2, -0.15) is 0 Å². The minimum Gasteiger partial charge on any atom is -0.461 e. The normalized spacial score (nSPS) is 45.8. The van der Waals surface area contributed by atoms with Crippen LogP contribution in [-0.2, 0) is 14.3 Å². The van der Waals surface area contributed by atoms with Gasteiger partial charge in [0.15, 0.2) is 0 Å². The average Bonchev–Trinajstić information content (AvgIpc) is 2.89. The maximum absolute atomic E-state index is 12.1. The molecule has 5 heteroatoms. The minimum absolute atomic E-state index is 0.0130. The van der Waals surface area contributed by atoms with Gasteiger partial charge in [0, 0.05) is 12.5 Å². The number of hydrogen-bond donors (Lipinski definition) is 1. The van der Waals surface area contributed by atoms with Gasteiger partial charge in [-0.05, 0) is 12.3 Å². The van der Waals surface area contributed by atoms with Gasteiger partial charge in [-0.3, -0.25) is 9.59 Å². The fourth-order valence-electron chi connectivity index (χ4n) is 3.62. The first-order chi connectivity index (χ1) is 8.15. The van der Waals surface area contributed by atoms with Gasteiger partial charge in [0.25, 0.3) is 0 Å². The maximum Gasteiger partial charge on any atom is 0.310 e. The predicted molar refractivity (Wildman–Crippen MR) is 64.4 cm³/mol. The number of amides is 1. The van der Waals surface area contributed by atoms with Crippen molar-refractivity contribution in [3.63, 3.8) is 0 Å². The fraction of sp³-hybridized carbons (Fsp3) is 0.667. The first-order valence-electron chi connectivity index (χ1n) is 5.88. The van der Waals surface area contributed by atoms with Crippen LogP contribution >= 0.6 is 15.9 Å². The summed E-state index contributed by atoms with van der Waals surface area (Å²) in [6, 6.07) is 0. The molecule has 3 rings (SSSR count). The van der Waals surface area contributed by atoms with Crippen molar-refractivity contribution in [3.8, 4) is 0 Å². The average molecular weight is 300 g/mol. The van der Waals surface area contributed by atoms with Crippen LogP contribution in [0.2, 0.25) is 0 Å². The molecule has 0 spiro atoms. The number of halogens is 1. The zero-order valence-electron chi connectivity index (χ0n) is 9.27. The van der Waals surface area contributed by atoms with E-state index in [0.717, 1.165) is 6.42 Å². The lowest BCUT2D eigenvalue weighted by molar-refractivity contribution is -0.145. The number of alkyl halides is 1. The Balaban J connectivity index is 1.84. The molecular weight excluding hydrogens is 286 g/mol. The molecule has 3 fully saturated rings. The molecule has 0 unspecified atom stereocenters. The van der Waals surface area contributed by atoms with Gasteiger partial charge in [-0.25, -0.2) is 0 Å². The first kappa shape index (κ1) is 11.3. The van der Waals surface area contributed by atoms with E-state index in [1.165, 1.54) is 0 Å². The standard InChI is InChI=1S/C12H14BrNO3/c1-2-3-14-11(15)7-5-4-6-8(7)12(16)17-10(6)9(5)13/h2,5-10H,1,3-4H2,(H,14,15)/t5-,6-,7+,8+,9-,10+/m1/s1. The number of carbonyl (C=O) groups excluding carboxylic acids is 2. The third kappa shape index (κ3) is 1.41. The third-order valence-electron chi connectivity index (χ3n) is 4.25. The highest BCUT2D eigenvalue weighted by Crippen LogP contribution is 2.59. The summed E-state index contributed by atoms with van der Waals surface area (Å²) in [5.41, 5.74) is 0. The molecule has 17 heavy (non-hydrogen) atoms. The Kier molecular flexibility index (Phi) is 2.54. The smallest absolute Gasteiger partial charge is 0.310 e. The molecule has 0 radical (unpaired) electrons. The first-order valence-corrected chi connectivity index (χ1v) is 6.80. The monoisotopic (exact) mass is 299 g/mol. The molecule has 1 saturated heterocycles. The van der Waals surface area contributed by atoms with Crippen molar-refractivity contribution in [2.24, 2.45) is 23.7 Å². The number of carbonyl (C=O) groups is 2. The Hall–Kier alpha value is -0.840. The van der Waals surface area contributed by atoms with Crippen molar-refractivity contribution in [3.05, 3.63) is 12.7 Å². The Morgan fingerprint density at radius 1 is 1.59 bits per heavy atom. The van der Waals surface area contributed by atoms with Crippen LogP contribution in [0, 0.1) is 23.7 Å². The van der Waals surface area contributed by atoms with Crippen LogP contribution in [0.15, 0.2) is 12.7 Å². The molecule has 2 aliphatic carbocycles. The van der Waals surface area contributed by atoms with Crippen LogP contribution in [0.3, 0.4) is 0 Å². The summed E-state index contributed by atoms with van der Waals surface area (Å²) in [5.74, 6) is -0.214. The van der Waals surface area contributed by atoms with Crippen molar-refractivity contribution in [1.82, 2.24) is 5.32 Å². The number of ether oxygens (including phenoxy) is 1. The molecule has 0 aromatic carbocycles. The van der Waals surface area contributed by atoms with E-state index in [2.05, 4.69) is 27.8 Å². The minimum atomic E-state index is -0.226. The summed E-state index contributed by atoms with van der Waals surface area (Å²) < 4.78 is 5.35. The quantitative estimate of drug-likeness (QED) is 0.478. The summed E-state index contributed by atoms with van der Waals surface area (Å²) >= 11 is 3.58. The molecule has 1 N–H and O–H groups in total. The topological polar surface area (TPSA) is 55.4 Å².